The Morgan fingerprint density at radius 2 is 1.95 bits per heavy atom. The molecule has 1 aromatic heterocycles. The summed E-state index contributed by atoms with van der Waals surface area (Å²) in [6, 6.07) is 10.6. The Kier molecular flexibility index (Phi) is 10.4. The van der Waals surface area contributed by atoms with Gasteiger partial charge in [-0.25, -0.2) is 4.98 Å². The van der Waals surface area contributed by atoms with Gasteiger partial charge in [-0.3, -0.25) is 4.79 Å². The first-order valence-electron chi connectivity index (χ1n) is 13.7. The van der Waals surface area contributed by atoms with Gasteiger partial charge in [-0.15, -0.1) is 0 Å². The number of anilines is 2. The largest absolute Gasteiger partial charge is 0.466 e. The van der Waals surface area contributed by atoms with Crippen LogP contribution >= 0.6 is 0 Å². The number of imidazole rings is 1. The maximum Gasteiger partial charge on any atom is 0.306 e. The number of hydrogen-bond acceptors (Lipinski definition) is 6. The van der Waals surface area contributed by atoms with E-state index in [1.54, 1.807) is 0 Å². The third kappa shape index (κ3) is 6.95. The van der Waals surface area contributed by atoms with Crippen molar-refractivity contribution in [2.75, 3.05) is 24.7 Å². The quantitative estimate of drug-likeness (QED) is 0.207. The van der Waals surface area contributed by atoms with Crippen LogP contribution in [0.1, 0.15) is 84.9 Å². The number of rotatable bonds is 10. The number of nitrogen functional groups attached to an aromatic ring is 1. The fourth-order valence-corrected chi connectivity index (χ4v) is 5.70. The van der Waals surface area contributed by atoms with Crippen LogP contribution in [0.25, 0.3) is 0 Å². The molecule has 206 valence electrons. The summed E-state index contributed by atoms with van der Waals surface area (Å²) in [5.41, 5.74) is 14.8. The normalized spacial score (nSPS) is 14.5. The number of aromatic nitrogens is 2. The number of esters is 1. The van der Waals surface area contributed by atoms with Crippen LogP contribution in [0.3, 0.4) is 0 Å². The minimum Gasteiger partial charge on any atom is -0.466 e. The monoisotopic (exact) mass is 519 g/mol. The second kappa shape index (κ2) is 13.5. The van der Waals surface area contributed by atoms with Crippen molar-refractivity contribution in [2.45, 2.75) is 78.2 Å². The molecule has 1 fully saturated rings. The molecule has 38 heavy (non-hydrogen) atoms. The van der Waals surface area contributed by atoms with Crippen LogP contribution in [-0.2, 0) is 22.5 Å². The van der Waals surface area contributed by atoms with E-state index in [4.69, 9.17) is 15.5 Å². The molecular formula is C31H45N5O2. The van der Waals surface area contributed by atoms with Crippen molar-refractivity contribution in [3.05, 3.63) is 76.4 Å². The summed E-state index contributed by atoms with van der Waals surface area (Å²) in [7, 11) is 1.86. The number of ether oxygens (including phenoxy) is 1. The molecule has 1 aliphatic rings. The summed E-state index contributed by atoms with van der Waals surface area (Å²) >= 11 is 0. The van der Waals surface area contributed by atoms with Crippen LogP contribution in [0, 0.1) is 19.8 Å². The topological polar surface area (TPSA) is 117 Å². The highest BCUT2D eigenvalue weighted by Crippen LogP contribution is 2.36. The number of benzene rings is 2. The van der Waals surface area contributed by atoms with E-state index in [1.165, 1.54) is 48.9 Å². The number of aryl methyl sites for hydroxylation is 1. The Labute approximate surface area is 227 Å². The van der Waals surface area contributed by atoms with Crippen LogP contribution in [0.5, 0.6) is 0 Å². The molecule has 4 rings (SSSR count). The van der Waals surface area contributed by atoms with Gasteiger partial charge in [0.05, 0.1) is 36.4 Å². The molecule has 0 amide bonds. The summed E-state index contributed by atoms with van der Waals surface area (Å²) in [5, 5.41) is 3.15. The molecule has 1 saturated carbocycles. The molecule has 1 heterocycles. The molecule has 3 aromatic rings. The van der Waals surface area contributed by atoms with Crippen molar-refractivity contribution in [1.82, 2.24) is 15.7 Å². The third-order valence-corrected chi connectivity index (χ3v) is 7.92. The Balaban J connectivity index is 0.00000400. The van der Waals surface area contributed by atoms with Crippen LogP contribution < -0.4 is 17.2 Å². The second-order valence-electron chi connectivity index (χ2n) is 10.5. The van der Waals surface area contributed by atoms with Crippen molar-refractivity contribution in [2.24, 2.45) is 5.92 Å². The Morgan fingerprint density at radius 1 is 1.18 bits per heavy atom. The number of carbonyl (C=O) groups is 1. The molecule has 1 atom stereocenters. The lowest BCUT2D eigenvalue weighted by atomic mass is 9.84. The predicted molar refractivity (Wildman–Crippen MR) is 156 cm³/mol. The maximum atomic E-state index is 12.7. The summed E-state index contributed by atoms with van der Waals surface area (Å²) in [6.45, 7) is 7.13. The lowest BCUT2D eigenvalue weighted by molar-refractivity contribution is -0.143. The van der Waals surface area contributed by atoms with E-state index in [0.29, 0.717) is 12.3 Å². The molecule has 1 aliphatic carbocycles. The zero-order valence-corrected chi connectivity index (χ0v) is 23.6. The Morgan fingerprint density at radius 3 is 2.66 bits per heavy atom. The molecular weight excluding hydrogens is 474 g/mol. The minimum atomic E-state index is -0.202. The zero-order chi connectivity index (χ0) is 26.4. The van der Waals surface area contributed by atoms with Crippen LogP contribution in [0.15, 0.2) is 42.9 Å². The first-order valence-corrected chi connectivity index (χ1v) is 13.7. The SMILES string of the molecule is CCOC(=O)CC(c1ccc(C)c(Cn2cnc(CC3CCCCC3)c2)c1)c1ccc(NC)c(N)c1C.N. The minimum absolute atomic E-state index is 0. The van der Waals surface area contributed by atoms with Gasteiger partial charge in [-0.05, 0) is 67.0 Å². The lowest BCUT2D eigenvalue weighted by Gasteiger charge is -2.23. The van der Waals surface area contributed by atoms with E-state index in [-0.39, 0.29) is 24.5 Å². The average molecular weight is 520 g/mol. The lowest BCUT2D eigenvalue weighted by Crippen LogP contribution is -2.14. The average Bonchev–Trinajstić information content (AvgIpc) is 3.33. The molecule has 2 aromatic carbocycles. The fourth-order valence-electron chi connectivity index (χ4n) is 5.70. The summed E-state index contributed by atoms with van der Waals surface area (Å²) in [4.78, 5) is 17.4. The third-order valence-electron chi connectivity index (χ3n) is 7.92. The van der Waals surface area contributed by atoms with Gasteiger partial charge in [0.25, 0.3) is 0 Å². The van der Waals surface area contributed by atoms with Gasteiger partial charge < -0.3 is 26.5 Å². The van der Waals surface area contributed by atoms with E-state index < -0.39 is 0 Å². The van der Waals surface area contributed by atoms with Gasteiger partial charge in [-0.2, -0.15) is 0 Å². The highest BCUT2D eigenvalue weighted by molar-refractivity contribution is 5.75. The van der Waals surface area contributed by atoms with E-state index >= 15 is 0 Å². The van der Waals surface area contributed by atoms with Crippen molar-refractivity contribution in [1.29, 1.82) is 0 Å². The van der Waals surface area contributed by atoms with Gasteiger partial charge in [0, 0.05) is 25.7 Å². The number of hydrogen-bond donors (Lipinski definition) is 3. The predicted octanol–water partition coefficient (Wildman–Crippen LogP) is 6.54. The first kappa shape index (κ1) is 29.2. The molecule has 0 radical (unpaired) electrons. The van der Waals surface area contributed by atoms with Crippen molar-refractivity contribution < 1.29 is 9.53 Å². The van der Waals surface area contributed by atoms with Gasteiger partial charge >= 0.3 is 5.97 Å². The second-order valence-corrected chi connectivity index (χ2v) is 10.5. The number of nitrogens with zero attached hydrogens (tertiary/aromatic N) is 2. The van der Waals surface area contributed by atoms with Gasteiger partial charge in [-0.1, -0.05) is 56.4 Å². The van der Waals surface area contributed by atoms with E-state index in [0.717, 1.165) is 41.3 Å². The van der Waals surface area contributed by atoms with Crippen molar-refractivity contribution in [3.63, 3.8) is 0 Å². The molecule has 7 heteroatoms. The number of nitrogens with one attached hydrogen (secondary N) is 1. The van der Waals surface area contributed by atoms with Crippen molar-refractivity contribution >= 4 is 17.3 Å². The van der Waals surface area contributed by atoms with Crippen LogP contribution in [-0.4, -0.2) is 29.2 Å². The molecule has 6 N–H and O–H groups in total. The van der Waals surface area contributed by atoms with Gasteiger partial charge in [0.15, 0.2) is 0 Å². The maximum absolute atomic E-state index is 12.7. The first-order chi connectivity index (χ1) is 17.9. The summed E-state index contributed by atoms with van der Waals surface area (Å²) in [6.07, 6.45) is 12.3. The van der Waals surface area contributed by atoms with E-state index in [2.05, 4.69) is 47.3 Å². The van der Waals surface area contributed by atoms with Gasteiger partial charge in [0.1, 0.15) is 0 Å². The van der Waals surface area contributed by atoms with Gasteiger partial charge in [0.2, 0.25) is 0 Å². The van der Waals surface area contributed by atoms with Crippen LogP contribution in [0.2, 0.25) is 0 Å². The fraction of sp³-hybridized carbons (Fsp3) is 0.484. The Hall–Kier alpha value is -3.32. The zero-order valence-electron chi connectivity index (χ0n) is 23.6. The standard InChI is InChI=1S/C31H42N4O2.H3N/c1-5-37-30(36)17-28(27-13-14-29(33-4)31(32)22(27)3)24-12-11-21(2)25(16-24)18-35-19-26(34-20-35)15-23-9-7-6-8-10-23;/h11-14,16,19-20,23,28,33H,5-10,15,17-18,32H2,1-4H3;1H3. The summed E-state index contributed by atoms with van der Waals surface area (Å²) < 4.78 is 7.54. The summed E-state index contributed by atoms with van der Waals surface area (Å²) in [5.74, 6) is 0.430. The molecule has 0 saturated heterocycles. The number of carbonyl (C=O) groups excluding carboxylic acids is 1. The van der Waals surface area contributed by atoms with Crippen molar-refractivity contribution in [3.8, 4) is 0 Å². The molecule has 1 unspecified atom stereocenters. The molecule has 0 spiro atoms. The Bertz CT molecular complexity index is 1210. The van der Waals surface area contributed by atoms with E-state index in [1.807, 2.05) is 33.3 Å². The molecule has 0 bridgehead atoms. The van der Waals surface area contributed by atoms with E-state index in [9.17, 15) is 4.79 Å². The highest BCUT2D eigenvalue weighted by atomic mass is 16.5. The molecule has 7 nitrogen and oxygen atoms in total. The molecule has 0 aliphatic heterocycles. The van der Waals surface area contributed by atoms with Crippen LogP contribution in [0.4, 0.5) is 11.4 Å². The smallest absolute Gasteiger partial charge is 0.306 e. The number of nitrogens with two attached hydrogens (primary N) is 1. The highest BCUT2D eigenvalue weighted by Gasteiger charge is 2.23.